The minimum absolute atomic E-state index is 0. The molecule has 2 aliphatic heterocycles. The van der Waals surface area contributed by atoms with Crippen molar-refractivity contribution in [2.75, 3.05) is 74.2 Å². The highest BCUT2D eigenvalue weighted by molar-refractivity contribution is 14.0. The lowest BCUT2D eigenvalue weighted by atomic mass is 10.0. The summed E-state index contributed by atoms with van der Waals surface area (Å²) in [5.74, 6) is 1.91. The summed E-state index contributed by atoms with van der Waals surface area (Å²) in [5, 5.41) is 3.60. The van der Waals surface area contributed by atoms with Gasteiger partial charge < -0.3 is 24.6 Å². The van der Waals surface area contributed by atoms with Crippen LogP contribution in [0.4, 0.5) is 0 Å². The zero-order valence-corrected chi connectivity index (χ0v) is 20.5. The van der Waals surface area contributed by atoms with Gasteiger partial charge in [-0.05, 0) is 26.6 Å². The second-order valence-corrected chi connectivity index (χ2v) is 7.69. The predicted molar refractivity (Wildman–Crippen MR) is 129 cm³/mol. The fourth-order valence-corrected chi connectivity index (χ4v) is 4.21. The molecule has 2 aliphatic rings. The molecular formula is C21H36IN5O2. The van der Waals surface area contributed by atoms with E-state index in [-0.39, 0.29) is 30.0 Å². The molecule has 0 spiro atoms. The molecule has 1 aromatic carbocycles. The molecule has 0 bridgehead atoms. The highest BCUT2D eigenvalue weighted by atomic mass is 127. The van der Waals surface area contributed by atoms with E-state index in [1.54, 1.807) is 7.11 Å². The minimum atomic E-state index is 0. The van der Waals surface area contributed by atoms with Crippen LogP contribution in [0.2, 0.25) is 0 Å². The molecule has 164 valence electrons. The van der Waals surface area contributed by atoms with E-state index in [0.717, 1.165) is 57.6 Å². The molecule has 2 atom stereocenters. The largest absolute Gasteiger partial charge is 0.496 e. The normalized spacial score (nSPS) is 21.8. The molecule has 0 radical (unpaired) electrons. The van der Waals surface area contributed by atoms with Gasteiger partial charge in [0.25, 0.3) is 0 Å². The van der Waals surface area contributed by atoms with Gasteiger partial charge in [-0.15, -0.1) is 24.0 Å². The SMILES string of the molecule is CN=C(NCC(c1ccccc1OC)N(C)C)N1CCC(N2CCOCC2)C1.I. The van der Waals surface area contributed by atoms with E-state index < -0.39 is 0 Å². The highest BCUT2D eigenvalue weighted by Gasteiger charge is 2.30. The molecule has 1 N–H and O–H groups in total. The summed E-state index contributed by atoms with van der Waals surface area (Å²) in [4.78, 5) is 11.7. The number of hydrogen-bond acceptors (Lipinski definition) is 5. The molecule has 0 aromatic heterocycles. The number of guanidine groups is 1. The quantitative estimate of drug-likeness (QED) is 0.354. The zero-order valence-electron chi connectivity index (χ0n) is 18.1. The Bertz CT molecular complexity index is 652. The number of hydrogen-bond donors (Lipinski definition) is 1. The molecule has 7 nitrogen and oxygen atoms in total. The van der Waals surface area contributed by atoms with Crippen molar-refractivity contribution in [3.63, 3.8) is 0 Å². The van der Waals surface area contributed by atoms with Gasteiger partial charge in [-0.25, -0.2) is 0 Å². The van der Waals surface area contributed by atoms with Gasteiger partial charge in [-0.3, -0.25) is 9.89 Å². The Morgan fingerprint density at radius 2 is 2.00 bits per heavy atom. The predicted octanol–water partition coefficient (Wildman–Crippen LogP) is 1.90. The summed E-state index contributed by atoms with van der Waals surface area (Å²) in [5.41, 5.74) is 1.19. The van der Waals surface area contributed by atoms with Crippen LogP contribution in [0.5, 0.6) is 5.75 Å². The summed E-state index contributed by atoms with van der Waals surface area (Å²) < 4.78 is 11.1. The van der Waals surface area contributed by atoms with Crippen LogP contribution in [-0.4, -0.2) is 101 Å². The van der Waals surface area contributed by atoms with Crippen molar-refractivity contribution in [3.8, 4) is 5.75 Å². The Morgan fingerprint density at radius 1 is 1.28 bits per heavy atom. The van der Waals surface area contributed by atoms with Crippen molar-refractivity contribution in [3.05, 3.63) is 29.8 Å². The molecular weight excluding hydrogens is 481 g/mol. The van der Waals surface area contributed by atoms with Crippen molar-refractivity contribution in [1.82, 2.24) is 20.0 Å². The number of benzene rings is 1. The van der Waals surface area contributed by atoms with Crippen molar-refractivity contribution in [2.24, 2.45) is 4.99 Å². The average molecular weight is 517 g/mol. The molecule has 2 unspecified atom stereocenters. The van der Waals surface area contributed by atoms with Gasteiger partial charge in [0.15, 0.2) is 5.96 Å². The van der Waals surface area contributed by atoms with E-state index in [1.807, 2.05) is 19.2 Å². The summed E-state index contributed by atoms with van der Waals surface area (Å²) in [6.07, 6.45) is 1.18. The van der Waals surface area contributed by atoms with Gasteiger partial charge >= 0.3 is 0 Å². The van der Waals surface area contributed by atoms with E-state index in [2.05, 4.69) is 51.2 Å². The number of aliphatic imine (C=N–C) groups is 1. The standard InChI is InChI=1S/C21H35N5O2.HI/c1-22-21(26-10-9-17(16-26)25-11-13-28-14-12-25)23-15-19(24(2)3)18-7-5-6-8-20(18)27-4;/h5-8,17,19H,9-16H2,1-4H3,(H,22,23);1H. The number of rotatable bonds is 6. The monoisotopic (exact) mass is 517 g/mol. The lowest BCUT2D eigenvalue weighted by Gasteiger charge is -2.32. The number of methoxy groups -OCH3 is 1. The molecule has 8 heteroatoms. The van der Waals surface area contributed by atoms with Gasteiger partial charge in [-0.1, -0.05) is 18.2 Å². The Balaban J connectivity index is 0.00000300. The van der Waals surface area contributed by atoms with Crippen LogP contribution in [0.1, 0.15) is 18.0 Å². The van der Waals surface area contributed by atoms with E-state index in [4.69, 9.17) is 9.47 Å². The fraction of sp³-hybridized carbons (Fsp3) is 0.667. The lowest BCUT2D eigenvalue weighted by molar-refractivity contribution is 0.0195. The van der Waals surface area contributed by atoms with Gasteiger partial charge in [0.2, 0.25) is 0 Å². The van der Waals surface area contributed by atoms with Crippen LogP contribution in [0, 0.1) is 0 Å². The molecule has 2 fully saturated rings. The lowest BCUT2D eigenvalue weighted by Crippen LogP contribution is -2.47. The second kappa shape index (κ2) is 11.9. The zero-order chi connectivity index (χ0) is 19.9. The van der Waals surface area contributed by atoms with Gasteiger partial charge in [-0.2, -0.15) is 0 Å². The number of morpholine rings is 1. The molecule has 0 aliphatic carbocycles. The summed E-state index contributed by atoms with van der Waals surface area (Å²) in [6.45, 7) is 6.64. The smallest absolute Gasteiger partial charge is 0.193 e. The summed E-state index contributed by atoms with van der Waals surface area (Å²) in [6, 6.07) is 9.03. The first-order valence-corrected chi connectivity index (χ1v) is 10.2. The van der Waals surface area contributed by atoms with Crippen LogP contribution in [0.25, 0.3) is 0 Å². The number of likely N-dealkylation sites (N-methyl/N-ethyl adjacent to an activating group) is 1. The number of para-hydroxylation sites is 1. The van der Waals surface area contributed by atoms with Crippen molar-refractivity contribution >= 4 is 29.9 Å². The van der Waals surface area contributed by atoms with E-state index in [9.17, 15) is 0 Å². The van der Waals surface area contributed by atoms with Gasteiger partial charge in [0.1, 0.15) is 5.75 Å². The Hall–Kier alpha value is -1.10. The average Bonchev–Trinajstić information content (AvgIpc) is 3.22. The van der Waals surface area contributed by atoms with Crippen molar-refractivity contribution in [1.29, 1.82) is 0 Å². The van der Waals surface area contributed by atoms with Crippen LogP contribution >= 0.6 is 24.0 Å². The minimum Gasteiger partial charge on any atom is -0.496 e. The van der Waals surface area contributed by atoms with Crippen LogP contribution in [0.15, 0.2) is 29.3 Å². The maximum Gasteiger partial charge on any atom is 0.193 e. The van der Waals surface area contributed by atoms with Crippen LogP contribution < -0.4 is 10.1 Å². The van der Waals surface area contributed by atoms with E-state index >= 15 is 0 Å². The number of nitrogens with zero attached hydrogens (tertiary/aromatic N) is 4. The maximum absolute atomic E-state index is 5.58. The highest BCUT2D eigenvalue weighted by Crippen LogP contribution is 2.27. The number of likely N-dealkylation sites (tertiary alicyclic amines) is 1. The van der Waals surface area contributed by atoms with Gasteiger partial charge in [0, 0.05) is 51.4 Å². The van der Waals surface area contributed by atoms with E-state index in [1.165, 1.54) is 12.0 Å². The van der Waals surface area contributed by atoms with Crippen molar-refractivity contribution in [2.45, 2.75) is 18.5 Å². The third kappa shape index (κ3) is 6.19. The summed E-state index contributed by atoms with van der Waals surface area (Å²) >= 11 is 0. The Kier molecular flexibility index (Phi) is 9.94. The molecule has 2 heterocycles. The third-order valence-corrected chi connectivity index (χ3v) is 5.81. The van der Waals surface area contributed by atoms with Crippen LogP contribution in [0.3, 0.4) is 0 Å². The molecule has 0 saturated carbocycles. The molecule has 2 saturated heterocycles. The van der Waals surface area contributed by atoms with E-state index in [0.29, 0.717) is 6.04 Å². The maximum atomic E-state index is 5.58. The van der Waals surface area contributed by atoms with Gasteiger partial charge in [0.05, 0.1) is 26.4 Å². The molecule has 29 heavy (non-hydrogen) atoms. The Labute approximate surface area is 192 Å². The number of nitrogens with one attached hydrogen (secondary N) is 1. The first kappa shape index (κ1) is 24.2. The molecule has 0 amide bonds. The Morgan fingerprint density at radius 3 is 2.66 bits per heavy atom. The van der Waals surface area contributed by atoms with Crippen LogP contribution in [-0.2, 0) is 4.74 Å². The third-order valence-electron chi connectivity index (χ3n) is 5.81. The fourth-order valence-electron chi connectivity index (χ4n) is 4.21. The molecule has 1 aromatic rings. The first-order valence-electron chi connectivity index (χ1n) is 10.2. The summed E-state index contributed by atoms with van der Waals surface area (Å²) in [7, 11) is 7.81. The topological polar surface area (TPSA) is 52.6 Å². The second-order valence-electron chi connectivity index (χ2n) is 7.69. The molecule has 3 rings (SSSR count). The van der Waals surface area contributed by atoms with Crippen molar-refractivity contribution < 1.29 is 9.47 Å². The number of ether oxygens (including phenoxy) is 2. The number of halogens is 1. The first-order chi connectivity index (χ1) is 13.6.